The highest BCUT2D eigenvalue weighted by atomic mass is 79.9. The summed E-state index contributed by atoms with van der Waals surface area (Å²) in [6.07, 6.45) is 2.66. The van der Waals surface area contributed by atoms with E-state index in [2.05, 4.69) is 65.2 Å². The van der Waals surface area contributed by atoms with E-state index in [0.717, 1.165) is 27.8 Å². The summed E-state index contributed by atoms with van der Waals surface area (Å²) in [6, 6.07) is 15.9. The number of benzene rings is 2. The van der Waals surface area contributed by atoms with E-state index in [0.29, 0.717) is 0 Å². The van der Waals surface area contributed by atoms with Crippen LogP contribution >= 0.6 is 15.9 Å². The van der Waals surface area contributed by atoms with Gasteiger partial charge < -0.3 is 10.2 Å². The molecular formula is C20H21BrN2O. The van der Waals surface area contributed by atoms with Crippen LogP contribution in [0.3, 0.4) is 0 Å². The Morgan fingerprint density at radius 1 is 1.17 bits per heavy atom. The molecule has 4 heteroatoms. The summed E-state index contributed by atoms with van der Waals surface area (Å²) in [6.45, 7) is 4.40. The maximum absolute atomic E-state index is 12.5. The first kappa shape index (κ1) is 16.8. The third-order valence-electron chi connectivity index (χ3n) is 4.57. The van der Waals surface area contributed by atoms with E-state index in [4.69, 9.17) is 0 Å². The monoisotopic (exact) mass is 384 g/mol. The van der Waals surface area contributed by atoms with Gasteiger partial charge in [0.15, 0.2) is 0 Å². The van der Waals surface area contributed by atoms with Crippen molar-refractivity contribution in [1.29, 1.82) is 0 Å². The molecule has 1 amide bonds. The number of carbonyl (C=O) groups is 1. The van der Waals surface area contributed by atoms with Gasteiger partial charge in [-0.1, -0.05) is 40.2 Å². The first-order valence-electron chi connectivity index (χ1n) is 7.97. The second kappa shape index (κ2) is 6.44. The molecule has 2 aromatic rings. The number of nitrogens with one attached hydrogen (secondary N) is 1. The molecule has 0 saturated heterocycles. The number of hydrogen-bond donors (Lipinski definition) is 1. The van der Waals surface area contributed by atoms with Crippen molar-refractivity contribution < 1.29 is 4.79 Å². The Kier molecular flexibility index (Phi) is 4.50. The van der Waals surface area contributed by atoms with Gasteiger partial charge in [0.25, 0.3) is 0 Å². The second-order valence-corrected chi connectivity index (χ2v) is 7.65. The van der Waals surface area contributed by atoms with Crippen molar-refractivity contribution in [1.82, 2.24) is 4.90 Å². The summed E-state index contributed by atoms with van der Waals surface area (Å²) >= 11 is 3.40. The molecule has 0 spiro atoms. The molecule has 0 unspecified atom stereocenters. The third-order valence-corrected chi connectivity index (χ3v) is 5.09. The maximum Gasteiger partial charge on any atom is 0.250 e. The molecule has 0 fully saturated rings. The van der Waals surface area contributed by atoms with Crippen LogP contribution in [0.2, 0.25) is 0 Å². The highest BCUT2D eigenvalue weighted by Crippen LogP contribution is 2.36. The molecule has 0 aromatic heterocycles. The van der Waals surface area contributed by atoms with Gasteiger partial charge in [0.05, 0.1) is 0 Å². The Morgan fingerprint density at radius 3 is 2.54 bits per heavy atom. The van der Waals surface area contributed by atoms with Crippen LogP contribution in [0.25, 0.3) is 5.70 Å². The highest BCUT2D eigenvalue weighted by molar-refractivity contribution is 9.10. The van der Waals surface area contributed by atoms with Crippen LogP contribution in [0.1, 0.15) is 25.0 Å². The molecule has 1 heterocycles. The first-order chi connectivity index (χ1) is 11.4. The van der Waals surface area contributed by atoms with Gasteiger partial charge in [-0.05, 0) is 50.1 Å². The average Bonchev–Trinajstić information content (AvgIpc) is 2.54. The van der Waals surface area contributed by atoms with Crippen LogP contribution in [-0.2, 0) is 11.2 Å². The van der Waals surface area contributed by atoms with Crippen molar-refractivity contribution in [2.24, 2.45) is 0 Å². The highest BCUT2D eigenvalue weighted by Gasteiger charge is 2.33. The minimum atomic E-state index is -0.119. The normalized spacial score (nSPS) is 17.5. The zero-order chi connectivity index (χ0) is 17.3. The lowest BCUT2D eigenvalue weighted by Gasteiger charge is -2.44. The molecule has 3 rings (SSSR count). The topological polar surface area (TPSA) is 32.3 Å². The Morgan fingerprint density at radius 2 is 1.83 bits per heavy atom. The van der Waals surface area contributed by atoms with Crippen molar-refractivity contribution in [3.8, 4) is 0 Å². The van der Waals surface area contributed by atoms with Gasteiger partial charge in [-0.25, -0.2) is 0 Å². The number of likely N-dealkylation sites (N-methyl/N-ethyl adjacent to an activating group) is 1. The summed E-state index contributed by atoms with van der Waals surface area (Å²) in [7, 11) is 2.05. The lowest BCUT2D eigenvalue weighted by molar-refractivity contribution is -0.111. The molecule has 0 aliphatic carbocycles. The van der Waals surface area contributed by atoms with Crippen LogP contribution in [0, 0.1) is 0 Å². The fourth-order valence-corrected chi connectivity index (χ4v) is 3.29. The molecule has 1 N–H and O–H groups in total. The van der Waals surface area contributed by atoms with Gasteiger partial charge in [0.2, 0.25) is 5.91 Å². The molecule has 1 aliphatic heterocycles. The maximum atomic E-state index is 12.5. The Labute approximate surface area is 151 Å². The van der Waals surface area contributed by atoms with Crippen LogP contribution < -0.4 is 5.32 Å². The number of nitrogens with zero attached hydrogens (tertiary/aromatic N) is 1. The summed E-state index contributed by atoms with van der Waals surface area (Å²) in [5.41, 5.74) is 4.12. The number of anilines is 1. The number of hydrogen-bond acceptors (Lipinski definition) is 2. The van der Waals surface area contributed by atoms with E-state index in [9.17, 15) is 4.79 Å². The summed E-state index contributed by atoms with van der Waals surface area (Å²) < 4.78 is 0.988. The Balaban J connectivity index is 1.92. The van der Waals surface area contributed by atoms with Gasteiger partial charge >= 0.3 is 0 Å². The molecule has 1 aliphatic rings. The van der Waals surface area contributed by atoms with Crippen molar-refractivity contribution in [2.75, 3.05) is 12.4 Å². The lowest BCUT2D eigenvalue weighted by Crippen LogP contribution is -2.45. The standard InChI is InChI=1S/C20H21BrN2O/c1-20(2)13-14-6-4-5-7-17(14)18(23(20)3)12-19(24)22-16-10-8-15(21)9-11-16/h4-12H,13H2,1-3H3,(H,22,24)/b18-12-. The number of carbonyl (C=O) groups excluding carboxylic acids is 1. The fraction of sp³-hybridized carbons (Fsp3) is 0.250. The van der Waals surface area contributed by atoms with Crippen molar-refractivity contribution in [3.63, 3.8) is 0 Å². The zero-order valence-electron chi connectivity index (χ0n) is 14.1. The summed E-state index contributed by atoms with van der Waals surface area (Å²) in [5, 5.41) is 2.93. The van der Waals surface area contributed by atoms with E-state index >= 15 is 0 Å². The number of halogens is 1. The Hall–Kier alpha value is -2.07. The second-order valence-electron chi connectivity index (χ2n) is 6.73. The van der Waals surface area contributed by atoms with Gasteiger partial charge in [-0.15, -0.1) is 0 Å². The minimum absolute atomic E-state index is 0.0297. The number of amides is 1. The molecule has 0 bridgehead atoms. The quantitative estimate of drug-likeness (QED) is 0.761. The first-order valence-corrected chi connectivity index (χ1v) is 8.76. The largest absolute Gasteiger partial charge is 0.368 e. The predicted octanol–water partition coefficient (Wildman–Crippen LogP) is 4.70. The average molecular weight is 385 g/mol. The predicted molar refractivity (Wildman–Crippen MR) is 103 cm³/mol. The van der Waals surface area contributed by atoms with Crippen LogP contribution in [-0.4, -0.2) is 23.4 Å². The van der Waals surface area contributed by atoms with Crippen LogP contribution in [0.4, 0.5) is 5.69 Å². The van der Waals surface area contributed by atoms with Crippen molar-refractivity contribution in [3.05, 3.63) is 70.2 Å². The van der Waals surface area contributed by atoms with Crippen LogP contribution in [0.5, 0.6) is 0 Å². The third kappa shape index (κ3) is 3.39. The molecule has 24 heavy (non-hydrogen) atoms. The number of fused-ring (bicyclic) bond motifs is 1. The zero-order valence-corrected chi connectivity index (χ0v) is 15.7. The van der Waals surface area contributed by atoms with E-state index in [1.807, 2.05) is 30.3 Å². The molecule has 3 nitrogen and oxygen atoms in total. The van der Waals surface area contributed by atoms with Gasteiger partial charge in [-0.3, -0.25) is 4.79 Å². The fourth-order valence-electron chi connectivity index (χ4n) is 3.03. The van der Waals surface area contributed by atoms with Crippen molar-refractivity contribution >= 4 is 33.2 Å². The van der Waals surface area contributed by atoms with Gasteiger partial charge in [-0.2, -0.15) is 0 Å². The van der Waals surface area contributed by atoms with E-state index in [-0.39, 0.29) is 11.4 Å². The number of rotatable bonds is 2. The van der Waals surface area contributed by atoms with Gasteiger partial charge in [0.1, 0.15) is 0 Å². The molecule has 0 saturated carbocycles. The smallest absolute Gasteiger partial charge is 0.250 e. The summed E-state index contributed by atoms with van der Waals surface area (Å²) in [5.74, 6) is -0.119. The Bertz CT molecular complexity index is 794. The van der Waals surface area contributed by atoms with E-state index in [1.165, 1.54) is 5.56 Å². The van der Waals surface area contributed by atoms with Gasteiger partial charge in [0, 0.05) is 40.1 Å². The SMILES string of the molecule is CN1/C(=C\C(=O)Nc2ccc(Br)cc2)c2ccccc2CC1(C)C. The summed E-state index contributed by atoms with van der Waals surface area (Å²) in [4.78, 5) is 14.7. The molecule has 0 radical (unpaired) electrons. The van der Waals surface area contributed by atoms with Crippen LogP contribution in [0.15, 0.2) is 59.1 Å². The van der Waals surface area contributed by atoms with Crippen molar-refractivity contribution in [2.45, 2.75) is 25.8 Å². The van der Waals surface area contributed by atoms with E-state index < -0.39 is 0 Å². The van der Waals surface area contributed by atoms with E-state index in [1.54, 1.807) is 6.08 Å². The molecular weight excluding hydrogens is 364 g/mol. The molecule has 0 atom stereocenters. The molecule has 124 valence electrons. The minimum Gasteiger partial charge on any atom is -0.368 e. The molecule has 2 aromatic carbocycles. The lowest BCUT2D eigenvalue weighted by atomic mass is 9.84.